The number of hydrogen-bond acceptors (Lipinski definition) is 5. The maximum atomic E-state index is 11.6. The summed E-state index contributed by atoms with van der Waals surface area (Å²) in [5.41, 5.74) is 1.23. The zero-order valence-electron chi connectivity index (χ0n) is 14.9. The molecule has 0 atom stereocenters. The van der Waals surface area contributed by atoms with Gasteiger partial charge in [-0.15, -0.1) is 0 Å². The highest BCUT2D eigenvalue weighted by atomic mass is 16.5. The summed E-state index contributed by atoms with van der Waals surface area (Å²) in [6, 6.07) is 13.9. The quantitative estimate of drug-likeness (QED) is 0.619. The molecule has 0 radical (unpaired) electrons. The van der Waals surface area contributed by atoms with Gasteiger partial charge in [-0.25, -0.2) is 4.98 Å². The highest BCUT2D eigenvalue weighted by molar-refractivity contribution is 5.74. The van der Waals surface area contributed by atoms with Crippen LogP contribution in [0.25, 0.3) is 0 Å². The molecule has 1 aliphatic heterocycles. The third-order valence-electron chi connectivity index (χ3n) is 4.36. The first-order valence-electron chi connectivity index (χ1n) is 8.81. The lowest BCUT2D eigenvalue weighted by atomic mass is 10.2. The average molecular weight is 339 g/mol. The molecule has 1 saturated heterocycles. The topological polar surface area (TPSA) is 45.7 Å². The van der Waals surface area contributed by atoms with Crippen LogP contribution in [-0.2, 0) is 11.3 Å². The minimum atomic E-state index is -0.196. The SMILES string of the molecule is CC(C)C(=O)Oc1ccc(CN2CCN(c3ccccn3)CC2)cc1. The Morgan fingerprint density at radius 3 is 2.40 bits per heavy atom. The number of aromatic nitrogens is 1. The van der Waals surface area contributed by atoms with Crippen molar-refractivity contribution in [3.05, 3.63) is 54.2 Å². The molecule has 0 aliphatic carbocycles. The summed E-state index contributed by atoms with van der Waals surface area (Å²) >= 11 is 0. The summed E-state index contributed by atoms with van der Waals surface area (Å²) in [5, 5.41) is 0. The molecule has 0 amide bonds. The van der Waals surface area contributed by atoms with E-state index in [1.54, 1.807) is 0 Å². The van der Waals surface area contributed by atoms with Crippen molar-refractivity contribution in [1.82, 2.24) is 9.88 Å². The van der Waals surface area contributed by atoms with Gasteiger partial charge in [-0.3, -0.25) is 9.69 Å². The van der Waals surface area contributed by atoms with Crippen molar-refractivity contribution in [3.8, 4) is 5.75 Å². The highest BCUT2D eigenvalue weighted by Crippen LogP contribution is 2.17. The number of ether oxygens (including phenoxy) is 1. The number of nitrogens with zero attached hydrogens (tertiary/aromatic N) is 3. The smallest absolute Gasteiger partial charge is 0.313 e. The Morgan fingerprint density at radius 2 is 1.80 bits per heavy atom. The van der Waals surface area contributed by atoms with Crippen molar-refractivity contribution in [2.45, 2.75) is 20.4 Å². The lowest BCUT2D eigenvalue weighted by Gasteiger charge is -2.35. The van der Waals surface area contributed by atoms with Gasteiger partial charge >= 0.3 is 5.97 Å². The molecule has 2 aromatic rings. The summed E-state index contributed by atoms with van der Waals surface area (Å²) in [6.45, 7) is 8.58. The van der Waals surface area contributed by atoms with Crippen molar-refractivity contribution in [2.75, 3.05) is 31.1 Å². The largest absolute Gasteiger partial charge is 0.426 e. The van der Waals surface area contributed by atoms with Crippen LogP contribution in [0, 0.1) is 5.92 Å². The minimum Gasteiger partial charge on any atom is -0.426 e. The van der Waals surface area contributed by atoms with Crippen molar-refractivity contribution in [2.24, 2.45) is 5.92 Å². The third kappa shape index (κ3) is 4.79. The normalized spacial score (nSPS) is 15.4. The molecule has 1 aliphatic rings. The Balaban J connectivity index is 1.50. The van der Waals surface area contributed by atoms with Crippen LogP contribution in [0.3, 0.4) is 0 Å². The molecule has 0 saturated carbocycles. The summed E-state index contributed by atoms with van der Waals surface area (Å²) in [5.74, 6) is 1.36. The summed E-state index contributed by atoms with van der Waals surface area (Å²) in [7, 11) is 0. The summed E-state index contributed by atoms with van der Waals surface area (Å²) < 4.78 is 5.32. The van der Waals surface area contributed by atoms with Crippen molar-refractivity contribution in [1.29, 1.82) is 0 Å². The monoisotopic (exact) mass is 339 g/mol. The average Bonchev–Trinajstić information content (AvgIpc) is 2.64. The second kappa shape index (κ2) is 8.12. The maximum absolute atomic E-state index is 11.6. The van der Waals surface area contributed by atoms with E-state index in [0.29, 0.717) is 5.75 Å². The van der Waals surface area contributed by atoms with Crippen molar-refractivity contribution >= 4 is 11.8 Å². The molecule has 0 unspecified atom stereocenters. The molecule has 0 spiro atoms. The van der Waals surface area contributed by atoms with Crippen LogP contribution in [0.4, 0.5) is 5.82 Å². The first-order valence-corrected chi connectivity index (χ1v) is 8.81. The zero-order chi connectivity index (χ0) is 17.6. The second-order valence-electron chi connectivity index (χ2n) is 6.67. The standard InChI is InChI=1S/C20H25N3O2/c1-16(2)20(24)25-18-8-6-17(7-9-18)15-22-11-13-23(14-12-22)19-5-3-4-10-21-19/h3-10,16H,11-15H2,1-2H3. The van der Waals surface area contributed by atoms with Gasteiger partial charge in [0.25, 0.3) is 0 Å². The number of pyridine rings is 1. The number of anilines is 1. The van der Waals surface area contributed by atoms with Gasteiger partial charge in [-0.1, -0.05) is 32.0 Å². The Bertz CT molecular complexity index is 678. The Morgan fingerprint density at radius 1 is 1.08 bits per heavy atom. The Labute approximate surface area is 149 Å². The van der Waals surface area contributed by atoms with Gasteiger partial charge in [0.05, 0.1) is 5.92 Å². The number of hydrogen-bond donors (Lipinski definition) is 0. The molecule has 5 heteroatoms. The predicted octanol–water partition coefficient (Wildman–Crippen LogP) is 2.97. The van der Waals surface area contributed by atoms with E-state index < -0.39 is 0 Å². The first-order chi connectivity index (χ1) is 12.1. The highest BCUT2D eigenvalue weighted by Gasteiger charge is 2.18. The number of piperazine rings is 1. The lowest BCUT2D eigenvalue weighted by Crippen LogP contribution is -2.46. The van der Waals surface area contributed by atoms with E-state index in [1.807, 2.05) is 56.4 Å². The van der Waals surface area contributed by atoms with Crippen LogP contribution in [0.5, 0.6) is 5.75 Å². The van der Waals surface area contributed by atoms with Crippen LogP contribution in [0.2, 0.25) is 0 Å². The fourth-order valence-corrected chi connectivity index (χ4v) is 2.83. The number of benzene rings is 1. The molecule has 0 N–H and O–H groups in total. The molecule has 0 bridgehead atoms. The molecule has 2 heterocycles. The first kappa shape index (κ1) is 17.4. The van der Waals surface area contributed by atoms with Crippen LogP contribution >= 0.6 is 0 Å². The number of rotatable bonds is 5. The van der Waals surface area contributed by atoms with E-state index >= 15 is 0 Å². The van der Waals surface area contributed by atoms with Crippen LogP contribution in [0.15, 0.2) is 48.7 Å². The fourth-order valence-electron chi connectivity index (χ4n) is 2.83. The molecular formula is C20H25N3O2. The van der Waals surface area contributed by atoms with Crippen LogP contribution in [-0.4, -0.2) is 42.0 Å². The molecule has 5 nitrogen and oxygen atoms in total. The molecule has 132 valence electrons. The van der Waals surface area contributed by atoms with Crippen LogP contribution in [0.1, 0.15) is 19.4 Å². The van der Waals surface area contributed by atoms with E-state index in [1.165, 1.54) is 5.56 Å². The van der Waals surface area contributed by atoms with Crippen LogP contribution < -0.4 is 9.64 Å². The second-order valence-corrected chi connectivity index (χ2v) is 6.67. The van der Waals surface area contributed by atoms with Gasteiger partial charge in [-0.2, -0.15) is 0 Å². The molecule has 1 aromatic carbocycles. The van der Waals surface area contributed by atoms with Crippen molar-refractivity contribution in [3.63, 3.8) is 0 Å². The van der Waals surface area contributed by atoms with E-state index in [9.17, 15) is 4.79 Å². The molecule has 25 heavy (non-hydrogen) atoms. The van der Waals surface area contributed by atoms with Gasteiger partial charge in [0, 0.05) is 38.9 Å². The van der Waals surface area contributed by atoms with E-state index in [-0.39, 0.29) is 11.9 Å². The Hall–Kier alpha value is -2.40. The minimum absolute atomic E-state index is 0.116. The zero-order valence-corrected chi connectivity index (χ0v) is 14.9. The van der Waals surface area contributed by atoms with E-state index in [0.717, 1.165) is 38.5 Å². The third-order valence-corrected chi connectivity index (χ3v) is 4.36. The van der Waals surface area contributed by atoms with E-state index in [2.05, 4.69) is 20.9 Å². The molecular weight excluding hydrogens is 314 g/mol. The van der Waals surface area contributed by atoms with Gasteiger partial charge in [0.15, 0.2) is 0 Å². The molecule has 3 rings (SSSR count). The maximum Gasteiger partial charge on any atom is 0.313 e. The van der Waals surface area contributed by atoms with Crippen molar-refractivity contribution < 1.29 is 9.53 Å². The molecule has 1 aromatic heterocycles. The summed E-state index contributed by atoms with van der Waals surface area (Å²) in [4.78, 5) is 20.8. The van der Waals surface area contributed by atoms with E-state index in [4.69, 9.17) is 4.74 Å². The number of esters is 1. The molecule has 1 fully saturated rings. The fraction of sp³-hybridized carbons (Fsp3) is 0.400. The lowest BCUT2D eigenvalue weighted by molar-refractivity contribution is -0.137. The summed E-state index contributed by atoms with van der Waals surface area (Å²) in [6.07, 6.45) is 1.84. The van der Waals surface area contributed by atoms with Gasteiger partial charge < -0.3 is 9.64 Å². The number of carbonyl (C=O) groups excluding carboxylic acids is 1. The number of carbonyl (C=O) groups is 1. The van der Waals surface area contributed by atoms with Gasteiger partial charge in [0.2, 0.25) is 0 Å². The van der Waals surface area contributed by atoms with Gasteiger partial charge in [0.1, 0.15) is 11.6 Å². The predicted molar refractivity (Wildman–Crippen MR) is 98.6 cm³/mol. The van der Waals surface area contributed by atoms with Gasteiger partial charge in [-0.05, 0) is 29.8 Å². The Kier molecular flexibility index (Phi) is 5.66.